The molecule has 2 heterocycles. The van der Waals surface area contributed by atoms with Crippen molar-refractivity contribution < 1.29 is 13.2 Å². The van der Waals surface area contributed by atoms with Gasteiger partial charge in [0, 0.05) is 48.7 Å². The van der Waals surface area contributed by atoms with Crippen molar-refractivity contribution in [3.63, 3.8) is 0 Å². The van der Waals surface area contributed by atoms with Crippen LogP contribution in [-0.4, -0.2) is 74.2 Å². The fourth-order valence-corrected chi connectivity index (χ4v) is 7.48. The molecular weight excluding hydrogens is 506 g/mol. The number of nitrogens with zero attached hydrogens (tertiary/aromatic N) is 3. The molecule has 0 unspecified atom stereocenters. The minimum atomic E-state index is -3.64. The molecule has 0 bridgehead atoms. The van der Waals surface area contributed by atoms with Crippen LogP contribution < -0.4 is 0 Å². The maximum Gasteiger partial charge on any atom is 0.253 e. The number of sulfonamides is 1. The molecule has 3 aromatic carbocycles. The normalized spacial score (nSPS) is 20.4. The van der Waals surface area contributed by atoms with Gasteiger partial charge in [-0.2, -0.15) is 4.31 Å². The van der Waals surface area contributed by atoms with Gasteiger partial charge in [-0.3, -0.25) is 4.79 Å². The van der Waals surface area contributed by atoms with Crippen molar-refractivity contribution in [2.45, 2.75) is 36.0 Å². The summed E-state index contributed by atoms with van der Waals surface area (Å²) in [5.41, 5.74) is 2.27. The number of hydrogen-bond acceptors (Lipinski definition) is 4. The Morgan fingerprint density at radius 3 is 2.14 bits per heavy atom. The van der Waals surface area contributed by atoms with E-state index in [0.29, 0.717) is 23.7 Å². The summed E-state index contributed by atoms with van der Waals surface area (Å²) in [4.78, 5) is 17.8. The van der Waals surface area contributed by atoms with Gasteiger partial charge >= 0.3 is 0 Å². The Kier molecular flexibility index (Phi) is 6.51. The van der Waals surface area contributed by atoms with Crippen LogP contribution in [0.2, 0.25) is 5.02 Å². The van der Waals surface area contributed by atoms with E-state index in [4.69, 9.17) is 11.6 Å². The Hall–Kier alpha value is -2.45. The summed E-state index contributed by atoms with van der Waals surface area (Å²) < 4.78 is 28.1. The molecule has 1 amide bonds. The summed E-state index contributed by atoms with van der Waals surface area (Å²) in [7, 11) is -3.64. The highest BCUT2D eigenvalue weighted by molar-refractivity contribution is 7.89. The first kappa shape index (κ1) is 24.9. The van der Waals surface area contributed by atoms with Crippen LogP contribution in [0, 0.1) is 0 Å². The Balaban J connectivity index is 1.09. The summed E-state index contributed by atoms with van der Waals surface area (Å²) in [6, 6.07) is 18.7. The minimum Gasteiger partial charge on any atom is -0.336 e. The fraction of sp³-hybridized carbons (Fsp3) is 0.414. The molecule has 194 valence electrons. The number of likely N-dealkylation sites (tertiary alicyclic amines) is 1. The van der Waals surface area contributed by atoms with E-state index in [1.807, 2.05) is 24.3 Å². The van der Waals surface area contributed by atoms with E-state index in [1.54, 1.807) is 29.2 Å². The number of halogens is 1. The Morgan fingerprint density at radius 2 is 1.46 bits per heavy atom. The zero-order valence-electron chi connectivity index (χ0n) is 20.9. The Bertz CT molecular complexity index is 1420. The zero-order chi connectivity index (χ0) is 25.6. The van der Waals surface area contributed by atoms with Gasteiger partial charge in [0.2, 0.25) is 10.0 Å². The third kappa shape index (κ3) is 4.90. The number of hydrogen-bond donors (Lipinski definition) is 0. The van der Waals surface area contributed by atoms with Gasteiger partial charge in [0.1, 0.15) is 0 Å². The zero-order valence-corrected chi connectivity index (χ0v) is 22.5. The molecule has 6 nitrogen and oxygen atoms in total. The predicted molar refractivity (Wildman–Crippen MR) is 147 cm³/mol. The molecule has 1 saturated carbocycles. The van der Waals surface area contributed by atoms with Gasteiger partial charge in [-0.05, 0) is 91.5 Å². The molecule has 0 atom stereocenters. The van der Waals surface area contributed by atoms with Crippen LogP contribution >= 0.6 is 11.6 Å². The van der Waals surface area contributed by atoms with Crippen molar-refractivity contribution in [3.8, 4) is 0 Å². The van der Waals surface area contributed by atoms with Crippen molar-refractivity contribution in [3.05, 3.63) is 76.8 Å². The number of piperazine rings is 1. The average molecular weight is 538 g/mol. The number of carbonyl (C=O) groups excluding carboxylic acids is 1. The SMILES string of the molecule is O=C(c1ccc(C2(CN3CCCC3)CC2)cc1)N1CCN(S(=O)(=O)c2ccc3cc(Cl)ccc3c2)CC1. The summed E-state index contributed by atoms with van der Waals surface area (Å²) in [5.74, 6) is -0.0319. The van der Waals surface area contributed by atoms with E-state index in [9.17, 15) is 13.2 Å². The number of carbonyl (C=O) groups is 1. The van der Waals surface area contributed by atoms with Gasteiger partial charge in [0.25, 0.3) is 5.91 Å². The van der Waals surface area contributed by atoms with Gasteiger partial charge in [-0.1, -0.05) is 35.9 Å². The molecule has 2 saturated heterocycles. The molecular formula is C29H32ClN3O3S. The Morgan fingerprint density at radius 1 is 0.811 bits per heavy atom. The molecule has 0 spiro atoms. The summed E-state index contributed by atoms with van der Waals surface area (Å²) in [5, 5.41) is 2.35. The second kappa shape index (κ2) is 9.70. The third-order valence-corrected chi connectivity index (χ3v) is 10.4. The molecule has 37 heavy (non-hydrogen) atoms. The van der Waals surface area contributed by atoms with E-state index >= 15 is 0 Å². The average Bonchev–Trinajstić information content (AvgIpc) is 3.52. The first-order valence-electron chi connectivity index (χ1n) is 13.2. The second-order valence-corrected chi connectivity index (χ2v) is 13.1. The quantitative estimate of drug-likeness (QED) is 0.454. The van der Waals surface area contributed by atoms with Crippen LogP contribution in [0.5, 0.6) is 0 Å². The number of amides is 1. The molecule has 2 aliphatic heterocycles. The van der Waals surface area contributed by atoms with Crippen LogP contribution in [0.3, 0.4) is 0 Å². The van der Waals surface area contributed by atoms with Crippen LogP contribution in [0.25, 0.3) is 10.8 Å². The molecule has 6 rings (SSSR count). The minimum absolute atomic E-state index is 0.0319. The second-order valence-electron chi connectivity index (χ2n) is 10.7. The lowest BCUT2D eigenvalue weighted by Crippen LogP contribution is -2.50. The lowest BCUT2D eigenvalue weighted by Gasteiger charge is -2.34. The highest BCUT2D eigenvalue weighted by atomic mass is 35.5. The molecule has 0 aromatic heterocycles. The largest absolute Gasteiger partial charge is 0.336 e. The van der Waals surface area contributed by atoms with Crippen molar-refractivity contribution >= 4 is 38.3 Å². The van der Waals surface area contributed by atoms with Crippen LogP contribution in [0.15, 0.2) is 65.6 Å². The van der Waals surface area contributed by atoms with Crippen molar-refractivity contribution in [1.82, 2.24) is 14.1 Å². The van der Waals surface area contributed by atoms with E-state index in [1.165, 1.54) is 48.6 Å². The summed E-state index contributed by atoms with van der Waals surface area (Å²) >= 11 is 6.05. The van der Waals surface area contributed by atoms with E-state index in [2.05, 4.69) is 17.0 Å². The molecule has 1 aliphatic carbocycles. The van der Waals surface area contributed by atoms with E-state index in [0.717, 1.165) is 17.3 Å². The van der Waals surface area contributed by atoms with Gasteiger partial charge < -0.3 is 9.80 Å². The number of fused-ring (bicyclic) bond motifs is 1. The number of benzene rings is 3. The van der Waals surface area contributed by atoms with Gasteiger partial charge in [-0.25, -0.2) is 8.42 Å². The monoisotopic (exact) mass is 537 g/mol. The molecule has 8 heteroatoms. The van der Waals surface area contributed by atoms with Crippen LogP contribution in [-0.2, 0) is 15.4 Å². The summed E-state index contributed by atoms with van der Waals surface area (Å²) in [6.07, 6.45) is 5.04. The number of rotatable bonds is 6. The maximum atomic E-state index is 13.3. The molecule has 3 aromatic rings. The van der Waals surface area contributed by atoms with Gasteiger partial charge in [-0.15, -0.1) is 0 Å². The smallest absolute Gasteiger partial charge is 0.253 e. The van der Waals surface area contributed by atoms with Crippen molar-refractivity contribution in [2.24, 2.45) is 0 Å². The highest BCUT2D eigenvalue weighted by Crippen LogP contribution is 2.49. The van der Waals surface area contributed by atoms with Gasteiger partial charge in [0.15, 0.2) is 0 Å². The molecule has 0 radical (unpaired) electrons. The Labute approximate surface area is 223 Å². The van der Waals surface area contributed by atoms with E-state index in [-0.39, 0.29) is 29.3 Å². The van der Waals surface area contributed by atoms with E-state index < -0.39 is 10.0 Å². The van der Waals surface area contributed by atoms with Crippen LogP contribution in [0.4, 0.5) is 0 Å². The maximum absolute atomic E-state index is 13.3. The molecule has 0 N–H and O–H groups in total. The standard InChI is InChI=1S/C29H32ClN3O3S/c30-26-9-5-24-20-27(10-6-23(24)19-26)37(35,36)33-17-15-32(16-18-33)28(34)22-3-7-25(8-4-22)29(11-12-29)21-31-13-1-2-14-31/h3-10,19-20H,1-2,11-18,21H2. The van der Waals surface area contributed by atoms with Crippen molar-refractivity contribution in [1.29, 1.82) is 0 Å². The van der Waals surface area contributed by atoms with Crippen molar-refractivity contribution in [2.75, 3.05) is 45.8 Å². The summed E-state index contributed by atoms with van der Waals surface area (Å²) in [6.45, 7) is 4.85. The molecule has 3 aliphatic rings. The fourth-order valence-electron chi connectivity index (χ4n) is 5.84. The lowest BCUT2D eigenvalue weighted by molar-refractivity contribution is 0.0698. The van der Waals surface area contributed by atoms with Gasteiger partial charge in [0.05, 0.1) is 4.90 Å². The van der Waals surface area contributed by atoms with Crippen LogP contribution in [0.1, 0.15) is 41.6 Å². The highest BCUT2D eigenvalue weighted by Gasteiger charge is 2.45. The first-order valence-corrected chi connectivity index (χ1v) is 15.0. The first-order chi connectivity index (χ1) is 17.8. The third-order valence-electron chi connectivity index (χ3n) is 8.26. The predicted octanol–water partition coefficient (Wildman–Crippen LogP) is 4.77. The molecule has 3 fully saturated rings. The topological polar surface area (TPSA) is 60.9 Å². The lowest BCUT2D eigenvalue weighted by atomic mass is 9.94.